The highest BCUT2D eigenvalue weighted by atomic mass is 16.5. The number of hydrogen-bond acceptors (Lipinski definition) is 5. The monoisotopic (exact) mass is 366 g/mol. The molecule has 0 bridgehead atoms. The van der Waals surface area contributed by atoms with Crippen LogP contribution in [0, 0.1) is 6.92 Å². The predicted molar refractivity (Wildman–Crippen MR) is 101 cm³/mol. The highest BCUT2D eigenvalue weighted by Crippen LogP contribution is 2.19. The van der Waals surface area contributed by atoms with E-state index >= 15 is 0 Å². The number of hydrogen-bond donors (Lipinski definition) is 1. The zero-order valence-corrected chi connectivity index (χ0v) is 15.7. The van der Waals surface area contributed by atoms with Crippen LogP contribution in [0.25, 0.3) is 11.3 Å². The average Bonchev–Trinajstić information content (AvgIpc) is 3.13. The van der Waals surface area contributed by atoms with E-state index in [0.29, 0.717) is 29.3 Å². The van der Waals surface area contributed by atoms with Gasteiger partial charge in [0.25, 0.3) is 5.56 Å². The Balaban J connectivity index is 1.68. The Bertz CT molecular complexity index is 992. The average molecular weight is 366 g/mol. The molecule has 3 rings (SSSR count). The third-order valence-electron chi connectivity index (χ3n) is 4.38. The normalized spacial score (nSPS) is 10.8. The van der Waals surface area contributed by atoms with Crippen molar-refractivity contribution >= 4 is 5.91 Å². The van der Waals surface area contributed by atoms with Crippen molar-refractivity contribution < 1.29 is 9.32 Å². The lowest BCUT2D eigenvalue weighted by Gasteiger charge is -2.15. The lowest BCUT2D eigenvalue weighted by molar-refractivity contribution is -0.130. The molecule has 1 aromatic carbocycles. The Kier molecular flexibility index (Phi) is 5.49. The first-order valence-electron chi connectivity index (χ1n) is 8.81. The molecule has 0 radical (unpaired) electrons. The molecule has 0 aliphatic carbocycles. The molecule has 0 saturated heterocycles. The highest BCUT2D eigenvalue weighted by Gasteiger charge is 2.17. The van der Waals surface area contributed by atoms with Crippen LogP contribution in [0.3, 0.4) is 0 Å². The number of H-pyrrole nitrogens is 1. The van der Waals surface area contributed by atoms with E-state index in [-0.39, 0.29) is 24.4 Å². The summed E-state index contributed by atoms with van der Waals surface area (Å²) in [6, 6.07) is 11.5. The van der Waals surface area contributed by atoms with Crippen molar-refractivity contribution in [1.29, 1.82) is 0 Å². The molecule has 0 aliphatic rings. The number of aromatic amines is 1. The van der Waals surface area contributed by atoms with E-state index in [0.717, 1.165) is 11.3 Å². The molecule has 0 spiro atoms. The fourth-order valence-electron chi connectivity index (χ4n) is 2.78. The first-order chi connectivity index (χ1) is 13.0. The zero-order valence-electron chi connectivity index (χ0n) is 15.7. The summed E-state index contributed by atoms with van der Waals surface area (Å²) in [4.78, 5) is 33.3. The molecular weight excluding hydrogens is 344 g/mol. The van der Waals surface area contributed by atoms with Crippen LogP contribution >= 0.6 is 0 Å². The van der Waals surface area contributed by atoms with E-state index in [2.05, 4.69) is 15.1 Å². The molecule has 2 heterocycles. The van der Waals surface area contributed by atoms with Gasteiger partial charge in [0.05, 0.1) is 13.0 Å². The molecule has 7 heteroatoms. The van der Waals surface area contributed by atoms with Gasteiger partial charge >= 0.3 is 0 Å². The number of carbonyl (C=O) groups excluding carboxylic acids is 1. The third kappa shape index (κ3) is 4.31. The minimum Gasteiger partial charge on any atom is -0.359 e. The number of aryl methyl sites for hydroxylation is 2. The molecule has 3 aromatic rings. The largest absolute Gasteiger partial charge is 0.359 e. The molecule has 0 aliphatic heterocycles. The smallest absolute Gasteiger partial charge is 0.254 e. The van der Waals surface area contributed by atoms with E-state index in [1.807, 2.05) is 43.3 Å². The minimum atomic E-state index is -0.257. The van der Waals surface area contributed by atoms with Crippen LogP contribution in [0.5, 0.6) is 0 Å². The van der Waals surface area contributed by atoms with Gasteiger partial charge in [-0.05, 0) is 6.92 Å². The van der Waals surface area contributed by atoms with Gasteiger partial charge in [-0.1, -0.05) is 42.4 Å². The summed E-state index contributed by atoms with van der Waals surface area (Å²) in [6.07, 6.45) is 0.633. The molecule has 0 fully saturated rings. The van der Waals surface area contributed by atoms with Gasteiger partial charge in [-0.25, -0.2) is 4.98 Å². The lowest BCUT2D eigenvalue weighted by Crippen LogP contribution is -2.31. The lowest BCUT2D eigenvalue weighted by atomic mass is 10.1. The highest BCUT2D eigenvalue weighted by molar-refractivity contribution is 5.78. The molecule has 27 heavy (non-hydrogen) atoms. The second-order valence-corrected chi connectivity index (χ2v) is 6.40. The van der Waals surface area contributed by atoms with E-state index in [9.17, 15) is 9.59 Å². The molecule has 140 valence electrons. The van der Waals surface area contributed by atoms with Crippen LogP contribution in [0.4, 0.5) is 0 Å². The predicted octanol–water partition coefficient (Wildman–Crippen LogP) is 2.50. The standard InChI is InChI=1S/C20H22N4O3/c1-4-18-21-13(2)16(20(26)22-18)11-19(25)24(3)12-15-10-17(23-27-15)14-8-6-5-7-9-14/h5-10H,4,11-12H2,1-3H3,(H,21,22,26). The maximum Gasteiger partial charge on any atom is 0.254 e. The fraction of sp³-hybridized carbons (Fsp3) is 0.300. The van der Waals surface area contributed by atoms with E-state index < -0.39 is 0 Å². The summed E-state index contributed by atoms with van der Waals surface area (Å²) in [5, 5.41) is 4.05. The first kappa shape index (κ1) is 18.6. The summed E-state index contributed by atoms with van der Waals surface area (Å²) >= 11 is 0. The summed E-state index contributed by atoms with van der Waals surface area (Å²) in [6.45, 7) is 3.94. The Hall–Kier alpha value is -3.22. The van der Waals surface area contributed by atoms with Crippen LogP contribution in [0.1, 0.15) is 29.8 Å². The quantitative estimate of drug-likeness (QED) is 0.724. The van der Waals surface area contributed by atoms with Crippen molar-refractivity contribution in [3.8, 4) is 11.3 Å². The molecule has 0 atom stereocenters. The number of nitrogens with one attached hydrogen (secondary N) is 1. The van der Waals surface area contributed by atoms with Crippen molar-refractivity contribution in [2.24, 2.45) is 0 Å². The number of carbonyl (C=O) groups is 1. The second-order valence-electron chi connectivity index (χ2n) is 6.40. The van der Waals surface area contributed by atoms with E-state index in [4.69, 9.17) is 4.52 Å². The molecule has 1 amide bonds. The zero-order chi connectivity index (χ0) is 19.4. The fourth-order valence-corrected chi connectivity index (χ4v) is 2.78. The summed E-state index contributed by atoms with van der Waals surface area (Å²) < 4.78 is 5.34. The summed E-state index contributed by atoms with van der Waals surface area (Å²) in [5.41, 5.74) is 2.39. The molecule has 1 N–H and O–H groups in total. The number of benzene rings is 1. The molecule has 0 saturated carbocycles. The van der Waals surface area contributed by atoms with Crippen LogP contribution in [-0.4, -0.2) is 33.0 Å². The molecule has 0 unspecified atom stereocenters. The van der Waals surface area contributed by atoms with Gasteiger partial charge in [-0.15, -0.1) is 0 Å². The molecule has 7 nitrogen and oxygen atoms in total. The van der Waals surface area contributed by atoms with Crippen LogP contribution in [0.15, 0.2) is 45.7 Å². The Morgan fingerprint density at radius 3 is 2.67 bits per heavy atom. The van der Waals surface area contributed by atoms with Crippen molar-refractivity contribution in [2.45, 2.75) is 33.2 Å². The maximum absolute atomic E-state index is 12.5. The van der Waals surface area contributed by atoms with Gasteiger partial charge in [0.15, 0.2) is 5.76 Å². The van der Waals surface area contributed by atoms with Crippen molar-refractivity contribution in [3.05, 3.63) is 69.6 Å². The van der Waals surface area contributed by atoms with Crippen molar-refractivity contribution in [3.63, 3.8) is 0 Å². The van der Waals surface area contributed by atoms with Gasteiger partial charge < -0.3 is 14.4 Å². The Labute approximate surface area is 157 Å². The summed E-state index contributed by atoms with van der Waals surface area (Å²) in [5.74, 6) is 1.01. The van der Waals surface area contributed by atoms with E-state index in [1.165, 1.54) is 4.90 Å². The Morgan fingerprint density at radius 1 is 1.26 bits per heavy atom. The molecular formula is C20H22N4O3. The number of aromatic nitrogens is 3. The van der Waals surface area contributed by atoms with E-state index in [1.54, 1.807) is 14.0 Å². The number of nitrogens with zero attached hydrogens (tertiary/aromatic N) is 3. The number of rotatable bonds is 6. The van der Waals surface area contributed by atoms with Gasteiger partial charge in [0, 0.05) is 36.4 Å². The number of likely N-dealkylation sites (N-methyl/N-ethyl adjacent to an activating group) is 1. The SMILES string of the molecule is CCc1nc(C)c(CC(=O)N(C)Cc2cc(-c3ccccc3)no2)c(=O)[nH]1. The number of amides is 1. The second kappa shape index (κ2) is 7.99. The third-order valence-corrected chi connectivity index (χ3v) is 4.38. The van der Waals surface area contributed by atoms with Gasteiger partial charge in [-0.3, -0.25) is 9.59 Å². The van der Waals surface area contributed by atoms with Crippen LogP contribution in [0.2, 0.25) is 0 Å². The minimum absolute atomic E-state index is 0.00561. The van der Waals surface area contributed by atoms with Gasteiger partial charge in [0.1, 0.15) is 11.5 Å². The maximum atomic E-state index is 12.5. The van der Waals surface area contributed by atoms with Crippen LogP contribution < -0.4 is 5.56 Å². The van der Waals surface area contributed by atoms with Gasteiger partial charge in [-0.2, -0.15) is 0 Å². The van der Waals surface area contributed by atoms with Crippen LogP contribution in [-0.2, 0) is 24.2 Å². The van der Waals surface area contributed by atoms with Crippen molar-refractivity contribution in [1.82, 2.24) is 20.0 Å². The first-order valence-corrected chi connectivity index (χ1v) is 8.81. The van der Waals surface area contributed by atoms with Gasteiger partial charge in [0.2, 0.25) is 5.91 Å². The Morgan fingerprint density at radius 2 is 2.00 bits per heavy atom. The van der Waals surface area contributed by atoms with Crippen molar-refractivity contribution in [2.75, 3.05) is 7.05 Å². The molecule has 2 aromatic heterocycles. The topological polar surface area (TPSA) is 92.1 Å². The summed E-state index contributed by atoms with van der Waals surface area (Å²) in [7, 11) is 1.67.